The van der Waals surface area contributed by atoms with Crippen LogP contribution in [0.5, 0.6) is 0 Å². The fraction of sp³-hybridized carbons (Fsp3) is 0.300. The molecule has 0 aliphatic rings. The third-order valence-electron chi connectivity index (χ3n) is 2.11. The Morgan fingerprint density at radius 3 is 2.80 bits per heavy atom. The zero-order valence-corrected chi connectivity index (χ0v) is 11.5. The van der Waals surface area contributed by atoms with Gasteiger partial charge in [0, 0.05) is 22.5 Å². The number of hydrogen-bond donors (Lipinski definition) is 1. The highest BCUT2D eigenvalue weighted by Gasteiger charge is 2.17. The Labute approximate surface area is 105 Å². The minimum atomic E-state index is 0.250. The van der Waals surface area contributed by atoms with E-state index in [0.717, 1.165) is 14.5 Å². The Hall–Kier alpha value is -0.230. The lowest BCUT2D eigenvalue weighted by Crippen LogP contribution is -2.12. The molecule has 80 valence electrons. The van der Waals surface area contributed by atoms with Crippen molar-refractivity contribution in [2.45, 2.75) is 12.8 Å². The molecular weight excluding hydrogens is 292 g/mol. The van der Waals surface area contributed by atoms with Crippen molar-refractivity contribution >= 4 is 38.6 Å². The van der Waals surface area contributed by atoms with E-state index in [-0.39, 0.29) is 5.92 Å². The molecule has 0 aliphatic carbocycles. The van der Waals surface area contributed by atoms with Gasteiger partial charge < -0.3 is 5.73 Å². The van der Waals surface area contributed by atoms with Gasteiger partial charge in [0.1, 0.15) is 5.01 Å². The van der Waals surface area contributed by atoms with Gasteiger partial charge in [0.15, 0.2) is 0 Å². The number of nitrogens with zero attached hydrogens (tertiary/aromatic N) is 1. The lowest BCUT2D eigenvalue weighted by atomic mass is 10.1. The first kappa shape index (κ1) is 11.3. The highest BCUT2D eigenvalue weighted by atomic mass is 79.9. The molecule has 0 aromatic carbocycles. The Bertz CT molecular complexity index is 409. The lowest BCUT2D eigenvalue weighted by Gasteiger charge is -2.08. The second-order valence-electron chi connectivity index (χ2n) is 3.26. The van der Waals surface area contributed by atoms with E-state index in [1.54, 1.807) is 22.7 Å². The summed E-state index contributed by atoms with van der Waals surface area (Å²) in [6.45, 7) is 2.62. The van der Waals surface area contributed by atoms with Crippen LogP contribution in [0.15, 0.2) is 21.3 Å². The van der Waals surface area contributed by atoms with Crippen LogP contribution in [-0.4, -0.2) is 11.5 Å². The number of aryl methyl sites for hydroxylation is 1. The first-order valence-electron chi connectivity index (χ1n) is 4.58. The summed E-state index contributed by atoms with van der Waals surface area (Å²) in [6, 6.07) is 4.17. The maximum Gasteiger partial charge on any atom is 0.102 e. The smallest absolute Gasteiger partial charge is 0.102 e. The molecular formula is C10H11BrN2S2. The molecule has 0 saturated heterocycles. The largest absolute Gasteiger partial charge is 0.329 e. The number of thiophene rings is 1. The van der Waals surface area contributed by atoms with Gasteiger partial charge in [-0.1, -0.05) is 0 Å². The third kappa shape index (κ3) is 2.47. The molecule has 2 aromatic rings. The molecule has 15 heavy (non-hydrogen) atoms. The molecule has 0 radical (unpaired) electrons. The van der Waals surface area contributed by atoms with Gasteiger partial charge in [0.2, 0.25) is 0 Å². The maximum atomic E-state index is 5.81. The quantitative estimate of drug-likeness (QED) is 0.944. The van der Waals surface area contributed by atoms with Gasteiger partial charge in [0.25, 0.3) is 0 Å². The number of aromatic nitrogens is 1. The molecule has 2 N–H and O–H groups in total. The Balaban J connectivity index is 2.32. The van der Waals surface area contributed by atoms with Crippen molar-refractivity contribution in [1.29, 1.82) is 0 Å². The van der Waals surface area contributed by atoms with Crippen LogP contribution in [0.2, 0.25) is 0 Å². The van der Waals surface area contributed by atoms with Crippen LogP contribution in [0.25, 0.3) is 0 Å². The predicted octanol–water partition coefficient (Wildman–Crippen LogP) is 3.37. The van der Waals surface area contributed by atoms with E-state index in [1.807, 2.05) is 6.92 Å². The van der Waals surface area contributed by atoms with Gasteiger partial charge in [-0.2, -0.15) is 0 Å². The minimum Gasteiger partial charge on any atom is -0.329 e. The van der Waals surface area contributed by atoms with Crippen LogP contribution < -0.4 is 5.73 Å². The molecule has 0 bridgehead atoms. The van der Waals surface area contributed by atoms with E-state index >= 15 is 0 Å². The van der Waals surface area contributed by atoms with Crippen molar-refractivity contribution in [2.24, 2.45) is 5.73 Å². The van der Waals surface area contributed by atoms with Crippen LogP contribution >= 0.6 is 38.6 Å². The molecule has 0 aliphatic heterocycles. The zero-order valence-electron chi connectivity index (χ0n) is 8.24. The van der Waals surface area contributed by atoms with Gasteiger partial charge >= 0.3 is 0 Å². The molecule has 2 nitrogen and oxygen atoms in total. The zero-order chi connectivity index (χ0) is 10.8. The summed E-state index contributed by atoms with van der Waals surface area (Å²) in [7, 11) is 0. The standard InChI is InChI=1S/C10H11BrN2S2/c1-6-5-14-10(13-6)7(4-12)8-2-3-9(11)15-8/h2-3,5,7H,4,12H2,1H3. The third-order valence-corrected chi connectivity index (χ3v) is 4.92. The average molecular weight is 303 g/mol. The predicted molar refractivity (Wildman–Crippen MR) is 69.8 cm³/mol. The van der Waals surface area contributed by atoms with Crippen LogP contribution in [-0.2, 0) is 0 Å². The molecule has 2 heterocycles. The van der Waals surface area contributed by atoms with Crippen molar-refractivity contribution in [3.8, 4) is 0 Å². The van der Waals surface area contributed by atoms with Crippen molar-refractivity contribution in [3.63, 3.8) is 0 Å². The number of halogens is 1. The van der Waals surface area contributed by atoms with Gasteiger partial charge in [-0.3, -0.25) is 0 Å². The van der Waals surface area contributed by atoms with E-state index in [1.165, 1.54) is 4.88 Å². The van der Waals surface area contributed by atoms with Crippen LogP contribution in [0.1, 0.15) is 21.5 Å². The second kappa shape index (κ2) is 4.74. The SMILES string of the molecule is Cc1csc(C(CN)c2ccc(Br)s2)n1. The normalized spacial score (nSPS) is 13.0. The molecule has 5 heteroatoms. The molecule has 0 saturated carbocycles. The summed E-state index contributed by atoms with van der Waals surface area (Å²) < 4.78 is 1.14. The van der Waals surface area contributed by atoms with Gasteiger partial charge in [-0.25, -0.2) is 4.98 Å². The first-order chi connectivity index (χ1) is 7.20. The van der Waals surface area contributed by atoms with Gasteiger partial charge in [-0.15, -0.1) is 22.7 Å². The number of rotatable bonds is 3. The van der Waals surface area contributed by atoms with Crippen LogP contribution in [0, 0.1) is 6.92 Å². The average Bonchev–Trinajstić information content (AvgIpc) is 2.78. The van der Waals surface area contributed by atoms with Gasteiger partial charge in [0.05, 0.1) is 9.70 Å². The van der Waals surface area contributed by atoms with E-state index in [2.05, 4.69) is 38.4 Å². The molecule has 1 atom stereocenters. The molecule has 0 amide bonds. The summed E-state index contributed by atoms with van der Waals surface area (Å²) in [6.07, 6.45) is 0. The maximum absolute atomic E-state index is 5.81. The lowest BCUT2D eigenvalue weighted by molar-refractivity contribution is 0.821. The number of hydrogen-bond acceptors (Lipinski definition) is 4. The fourth-order valence-corrected chi connectivity index (χ4v) is 3.93. The molecule has 0 spiro atoms. The number of nitrogens with two attached hydrogens (primary N) is 1. The van der Waals surface area contributed by atoms with Crippen molar-refractivity contribution in [1.82, 2.24) is 4.98 Å². The molecule has 2 rings (SSSR count). The summed E-state index contributed by atoms with van der Waals surface area (Å²) in [5.41, 5.74) is 6.89. The van der Waals surface area contributed by atoms with Crippen LogP contribution in [0.4, 0.5) is 0 Å². The Kier molecular flexibility index (Phi) is 3.56. The second-order valence-corrected chi connectivity index (χ2v) is 6.64. The van der Waals surface area contributed by atoms with E-state index in [4.69, 9.17) is 5.73 Å². The van der Waals surface area contributed by atoms with Crippen molar-refractivity contribution in [3.05, 3.63) is 36.9 Å². The molecule has 1 unspecified atom stereocenters. The minimum absolute atomic E-state index is 0.250. The van der Waals surface area contributed by atoms with E-state index in [9.17, 15) is 0 Å². The van der Waals surface area contributed by atoms with Crippen LogP contribution in [0.3, 0.4) is 0 Å². The van der Waals surface area contributed by atoms with Gasteiger partial charge in [-0.05, 0) is 35.0 Å². The van der Waals surface area contributed by atoms with E-state index in [0.29, 0.717) is 6.54 Å². The highest BCUT2D eigenvalue weighted by Crippen LogP contribution is 2.33. The summed E-state index contributed by atoms with van der Waals surface area (Å²) in [4.78, 5) is 5.77. The first-order valence-corrected chi connectivity index (χ1v) is 7.07. The van der Waals surface area contributed by atoms with Crippen molar-refractivity contribution < 1.29 is 0 Å². The Morgan fingerprint density at radius 1 is 1.53 bits per heavy atom. The Morgan fingerprint density at radius 2 is 2.33 bits per heavy atom. The summed E-state index contributed by atoms with van der Waals surface area (Å²) in [5.74, 6) is 0.250. The topological polar surface area (TPSA) is 38.9 Å². The number of thiazole rings is 1. The van der Waals surface area contributed by atoms with Crippen molar-refractivity contribution in [2.75, 3.05) is 6.54 Å². The molecule has 2 aromatic heterocycles. The summed E-state index contributed by atoms with van der Waals surface area (Å²) in [5, 5.41) is 3.19. The van der Waals surface area contributed by atoms with E-state index < -0.39 is 0 Å². The molecule has 0 fully saturated rings. The summed E-state index contributed by atoms with van der Waals surface area (Å²) >= 11 is 6.88. The fourth-order valence-electron chi connectivity index (χ4n) is 1.39. The highest BCUT2D eigenvalue weighted by molar-refractivity contribution is 9.11. The monoisotopic (exact) mass is 302 g/mol.